The number of guanidine groups is 1. The second-order valence-corrected chi connectivity index (χ2v) is 6.07. The number of nitrogens with zero attached hydrogens (tertiary/aromatic N) is 2. The van der Waals surface area contributed by atoms with E-state index in [2.05, 4.69) is 20.9 Å². The zero-order valence-electron chi connectivity index (χ0n) is 13.6. The molecule has 0 aliphatic carbocycles. The number of anilines is 1. The highest BCUT2D eigenvalue weighted by molar-refractivity contribution is 9.10. The SMILES string of the molecule is CCc1ccc(Br)c(N=C(N)N(C)c2cccc(C(F)(F)F)c2)c1.Cl. The number of hydrogen-bond acceptors (Lipinski definition) is 1. The van der Waals surface area contributed by atoms with Crippen LogP contribution in [0.15, 0.2) is 51.9 Å². The predicted molar refractivity (Wildman–Crippen MR) is 102 cm³/mol. The Morgan fingerprint density at radius 2 is 1.88 bits per heavy atom. The monoisotopic (exact) mass is 435 g/mol. The molecule has 0 aromatic heterocycles. The number of aryl methyl sites for hydroxylation is 1. The van der Waals surface area contributed by atoms with Gasteiger partial charge in [0.25, 0.3) is 0 Å². The third-order valence-corrected chi connectivity index (χ3v) is 4.23. The second-order valence-electron chi connectivity index (χ2n) is 5.22. The van der Waals surface area contributed by atoms with Crippen LogP contribution in [-0.4, -0.2) is 13.0 Å². The topological polar surface area (TPSA) is 41.6 Å². The number of rotatable bonds is 3. The second kappa shape index (κ2) is 8.58. The minimum atomic E-state index is -4.40. The lowest BCUT2D eigenvalue weighted by molar-refractivity contribution is -0.137. The molecule has 0 spiro atoms. The quantitative estimate of drug-likeness (QED) is 0.507. The fraction of sp³-hybridized carbons (Fsp3) is 0.235. The van der Waals surface area contributed by atoms with Gasteiger partial charge in [-0.15, -0.1) is 12.4 Å². The first-order valence-electron chi connectivity index (χ1n) is 7.26. The van der Waals surface area contributed by atoms with E-state index in [1.807, 2.05) is 25.1 Å². The number of hydrogen-bond donors (Lipinski definition) is 1. The first-order valence-corrected chi connectivity index (χ1v) is 8.05. The Balaban J connectivity index is 0.00000312. The van der Waals surface area contributed by atoms with Crippen LogP contribution in [0.2, 0.25) is 0 Å². The van der Waals surface area contributed by atoms with Crippen molar-refractivity contribution >= 4 is 45.7 Å². The van der Waals surface area contributed by atoms with E-state index in [9.17, 15) is 13.2 Å². The molecule has 2 rings (SSSR count). The molecule has 0 amide bonds. The molecule has 2 aromatic carbocycles. The van der Waals surface area contributed by atoms with Gasteiger partial charge in [-0.25, -0.2) is 4.99 Å². The summed E-state index contributed by atoms with van der Waals surface area (Å²) in [5.41, 5.74) is 7.28. The largest absolute Gasteiger partial charge is 0.416 e. The maximum absolute atomic E-state index is 12.8. The van der Waals surface area contributed by atoms with Gasteiger partial charge in [-0.2, -0.15) is 13.2 Å². The fourth-order valence-corrected chi connectivity index (χ4v) is 2.42. The zero-order valence-corrected chi connectivity index (χ0v) is 16.0. The highest BCUT2D eigenvalue weighted by Gasteiger charge is 2.30. The summed E-state index contributed by atoms with van der Waals surface area (Å²) in [4.78, 5) is 5.74. The van der Waals surface area contributed by atoms with Crippen molar-refractivity contribution in [3.8, 4) is 0 Å². The van der Waals surface area contributed by atoms with Gasteiger partial charge in [0.15, 0.2) is 0 Å². The van der Waals surface area contributed by atoms with Gasteiger partial charge in [0, 0.05) is 17.2 Å². The van der Waals surface area contributed by atoms with Gasteiger partial charge in [-0.1, -0.05) is 19.1 Å². The van der Waals surface area contributed by atoms with E-state index < -0.39 is 11.7 Å². The van der Waals surface area contributed by atoms with Crippen molar-refractivity contribution in [2.75, 3.05) is 11.9 Å². The molecule has 0 fully saturated rings. The Kier molecular flexibility index (Phi) is 7.31. The number of aliphatic imine (C=N–C) groups is 1. The molecule has 0 atom stereocenters. The molecule has 8 heteroatoms. The van der Waals surface area contributed by atoms with Crippen LogP contribution in [0.25, 0.3) is 0 Å². The van der Waals surface area contributed by atoms with Gasteiger partial charge >= 0.3 is 6.18 Å². The van der Waals surface area contributed by atoms with Gasteiger partial charge in [0.05, 0.1) is 11.3 Å². The molecule has 0 unspecified atom stereocenters. The van der Waals surface area contributed by atoms with Crippen LogP contribution in [0.5, 0.6) is 0 Å². The molecule has 0 bridgehead atoms. The summed E-state index contributed by atoms with van der Waals surface area (Å²) in [6.07, 6.45) is -3.56. The highest BCUT2D eigenvalue weighted by Crippen LogP contribution is 2.32. The van der Waals surface area contributed by atoms with Gasteiger partial charge in [-0.05, 0) is 58.2 Å². The van der Waals surface area contributed by atoms with Crippen molar-refractivity contribution in [1.82, 2.24) is 0 Å². The van der Waals surface area contributed by atoms with Crippen LogP contribution >= 0.6 is 28.3 Å². The summed E-state index contributed by atoms with van der Waals surface area (Å²) in [6, 6.07) is 10.7. The first kappa shape index (κ1) is 21.3. The molecule has 3 nitrogen and oxygen atoms in total. The number of benzene rings is 2. The maximum atomic E-state index is 12.8. The van der Waals surface area contributed by atoms with Crippen LogP contribution in [0.4, 0.5) is 24.5 Å². The molecule has 136 valence electrons. The van der Waals surface area contributed by atoms with Crippen LogP contribution in [-0.2, 0) is 12.6 Å². The lowest BCUT2D eigenvalue weighted by atomic mass is 10.1. The van der Waals surface area contributed by atoms with E-state index in [0.717, 1.165) is 28.6 Å². The van der Waals surface area contributed by atoms with Crippen molar-refractivity contribution in [2.24, 2.45) is 10.7 Å². The Morgan fingerprint density at radius 3 is 2.48 bits per heavy atom. The Labute approximate surface area is 159 Å². The van der Waals surface area contributed by atoms with E-state index in [-0.39, 0.29) is 18.4 Å². The normalized spacial score (nSPS) is 11.8. The van der Waals surface area contributed by atoms with Crippen LogP contribution in [0.1, 0.15) is 18.1 Å². The van der Waals surface area contributed by atoms with Crippen molar-refractivity contribution in [1.29, 1.82) is 0 Å². The van der Waals surface area contributed by atoms with Crippen molar-refractivity contribution in [3.63, 3.8) is 0 Å². The van der Waals surface area contributed by atoms with Crippen LogP contribution in [0.3, 0.4) is 0 Å². The summed E-state index contributed by atoms with van der Waals surface area (Å²) in [6.45, 7) is 2.02. The third kappa shape index (κ3) is 5.37. The first-order chi connectivity index (χ1) is 11.2. The minimum absolute atomic E-state index is 0. The molecule has 0 aliphatic heterocycles. The lowest BCUT2D eigenvalue weighted by Gasteiger charge is -2.19. The molecule has 0 heterocycles. The molecule has 0 radical (unpaired) electrons. The van der Waals surface area contributed by atoms with E-state index in [1.165, 1.54) is 11.0 Å². The number of alkyl halides is 3. The van der Waals surface area contributed by atoms with Crippen LogP contribution < -0.4 is 10.6 Å². The number of nitrogens with two attached hydrogens (primary N) is 1. The highest BCUT2D eigenvalue weighted by atomic mass is 79.9. The van der Waals surface area contributed by atoms with E-state index in [4.69, 9.17) is 5.73 Å². The molecule has 2 aromatic rings. The summed E-state index contributed by atoms with van der Waals surface area (Å²) in [7, 11) is 1.58. The molecule has 25 heavy (non-hydrogen) atoms. The Morgan fingerprint density at radius 1 is 1.20 bits per heavy atom. The predicted octanol–water partition coefficient (Wildman–Crippen LogP) is 5.53. The third-order valence-electron chi connectivity index (χ3n) is 3.56. The van der Waals surface area contributed by atoms with Crippen molar-refractivity contribution in [2.45, 2.75) is 19.5 Å². The lowest BCUT2D eigenvalue weighted by Crippen LogP contribution is -2.33. The maximum Gasteiger partial charge on any atom is 0.416 e. The Bertz CT molecular complexity index is 763. The molecule has 0 saturated carbocycles. The average Bonchev–Trinajstić information content (AvgIpc) is 2.55. The smallest absolute Gasteiger partial charge is 0.369 e. The van der Waals surface area contributed by atoms with Crippen molar-refractivity contribution < 1.29 is 13.2 Å². The molecular formula is C17H18BrClF3N3. The fourth-order valence-electron chi connectivity index (χ4n) is 2.09. The summed E-state index contributed by atoms with van der Waals surface area (Å²) < 4.78 is 39.3. The zero-order chi connectivity index (χ0) is 17.9. The van der Waals surface area contributed by atoms with Gasteiger partial charge in [0.1, 0.15) is 0 Å². The molecule has 2 N–H and O–H groups in total. The van der Waals surface area contributed by atoms with Crippen LogP contribution in [0, 0.1) is 0 Å². The van der Waals surface area contributed by atoms with E-state index in [1.54, 1.807) is 13.1 Å². The summed E-state index contributed by atoms with van der Waals surface area (Å²) in [5.74, 6) is 0.100. The van der Waals surface area contributed by atoms with E-state index >= 15 is 0 Å². The minimum Gasteiger partial charge on any atom is -0.369 e. The van der Waals surface area contributed by atoms with Gasteiger partial charge in [-0.3, -0.25) is 0 Å². The summed E-state index contributed by atoms with van der Waals surface area (Å²) in [5, 5.41) is 0. The Hall–Kier alpha value is -1.73. The molecule has 0 aliphatic rings. The number of halogens is 5. The van der Waals surface area contributed by atoms with Crippen molar-refractivity contribution in [3.05, 3.63) is 58.1 Å². The van der Waals surface area contributed by atoms with Gasteiger partial charge < -0.3 is 10.6 Å². The molecule has 0 saturated heterocycles. The van der Waals surface area contributed by atoms with E-state index in [0.29, 0.717) is 11.4 Å². The van der Waals surface area contributed by atoms with Gasteiger partial charge in [0.2, 0.25) is 5.96 Å². The molecular weight excluding hydrogens is 419 g/mol. The summed E-state index contributed by atoms with van der Waals surface area (Å²) >= 11 is 3.40. The average molecular weight is 437 g/mol. The standard InChI is InChI=1S/C17H17BrF3N3.ClH/c1-3-11-7-8-14(18)15(9-11)23-16(22)24(2)13-6-4-5-12(10-13)17(19,20)21;/h4-10H,3H2,1-2H3,(H2,22,23);1H.